The Labute approximate surface area is 178 Å². The van der Waals surface area contributed by atoms with Gasteiger partial charge in [-0.2, -0.15) is 18.2 Å². The molecule has 1 aromatic carbocycles. The maximum atomic E-state index is 13.6. The summed E-state index contributed by atoms with van der Waals surface area (Å²) in [6.07, 6.45) is 2.20. The smallest absolute Gasteiger partial charge is 0.307 e. The van der Waals surface area contributed by atoms with Crippen LogP contribution in [0.2, 0.25) is 0 Å². The SMILES string of the molecule is C.FC(F)(F)c1ccccc1-c1nc2c(c(Nc3n[nH]c(C4CC4)n3)n1)CCCCC2. The van der Waals surface area contributed by atoms with E-state index in [1.165, 1.54) is 12.1 Å². The molecule has 3 aromatic rings. The first kappa shape index (κ1) is 21.3. The van der Waals surface area contributed by atoms with Crippen molar-refractivity contribution in [2.45, 2.75) is 64.5 Å². The number of nitrogens with zero attached hydrogens (tertiary/aromatic N) is 4. The lowest BCUT2D eigenvalue weighted by atomic mass is 10.0. The van der Waals surface area contributed by atoms with Gasteiger partial charge in [-0.1, -0.05) is 32.0 Å². The maximum absolute atomic E-state index is 13.6. The van der Waals surface area contributed by atoms with E-state index >= 15 is 0 Å². The summed E-state index contributed by atoms with van der Waals surface area (Å²) in [6.45, 7) is 0. The molecule has 164 valence electrons. The van der Waals surface area contributed by atoms with E-state index in [0.717, 1.165) is 68.1 Å². The minimum atomic E-state index is -4.48. The van der Waals surface area contributed by atoms with Crippen LogP contribution in [0.25, 0.3) is 11.4 Å². The molecular weight excluding hydrogens is 405 g/mol. The summed E-state index contributed by atoms with van der Waals surface area (Å²) in [5.41, 5.74) is 0.987. The molecule has 1 fully saturated rings. The third-order valence-electron chi connectivity index (χ3n) is 5.60. The first-order chi connectivity index (χ1) is 14.5. The number of aromatic nitrogens is 5. The molecule has 0 bridgehead atoms. The van der Waals surface area contributed by atoms with Crippen molar-refractivity contribution >= 4 is 11.8 Å². The second kappa shape index (κ2) is 8.28. The van der Waals surface area contributed by atoms with Gasteiger partial charge in [0.05, 0.1) is 5.56 Å². The van der Waals surface area contributed by atoms with E-state index in [-0.39, 0.29) is 18.8 Å². The minimum Gasteiger partial charge on any atom is -0.307 e. The van der Waals surface area contributed by atoms with Crippen LogP contribution in [0.3, 0.4) is 0 Å². The molecule has 0 unspecified atom stereocenters. The van der Waals surface area contributed by atoms with Crippen molar-refractivity contribution in [2.75, 3.05) is 5.32 Å². The molecule has 6 nitrogen and oxygen atoms in total. The van der Waals surface area contributed by atoms with Crippen LogP contribution in [0.4, 0.5) is 24.9 Å². The summed E-state index contributed by atoms with van der Waals surface area (Å²) in [7, 11) is 0. The lowest BCUT2D eigenvalue weighted by Gasteiger charge is -2.16. The highest BCUT2D eigenvalue weighted by Gasteiger charge is 2.34. The van der Waals surface area contributed by atoms with Gasteiger partial charge in [-0.05, 0) is 44.6 Å². The van der Waals surface area contributed by atoms with E-state index in [1.54, 1.807) is 6.07 Å². The summed E-state index contributed by atoms with van der Waals surface area (Å²) in [5.74, 6) is 2.21. The zero-order chi connectivity index (χ0) is 20.7. The maximum Gasteiger partial charge on any atom is 0.417 e. The average Bonchev–Trinajstić information content (AvgIpc) is 3.51. The van der Waals surface area contributed by atoms with E-state index in [9.17, 15) is 13.2 Å². The highest BCUT2D eigenvalue weighted by Crippen LogP contribution is 2.39. The molecule has 2 N–H and O–H groups in total. The predicted octanol–water partition coefficient (Wildman–Crippen LogP) is 5.81. The molecule has 5 rings (SSSR count). The molecule has 0 radical (unpaired) electrons. The number of benzene rings is 1. The molecule has 2 aromatic heterocycles. The number of hydrogen-bond donors (Lipinski definition) is 2. The van der Waals surface area contributed by atoms with Crippen LogP contribution in [0.5, 0.6) is 0 Å². The van der Waals surface area contributed by atoms with Crippen LogP contribution < -0.4 is 5.32 Å². The number of H-pyrrole nitrogens is 1. The lowest BCUT2D eigenvalue weighted by molar-refractivity contribution is -0.137. The highest BCUT2D eigenvalue weighted by atomic mass is 19.4. The molecule has 0 aliphatic heterocycles. The first-order valence-corrected chi connectivity index (χ1v) is 10.2. The fourth-order valence-corrected chi connectivity index (χ4v) is 3.90. The van der Waals surface area contributed by atoms with Gasteiger partial charge in [0.15, 0.2) is 5.82 Å². The van der Waals surface area contributed by atoms with Crippen molar-refractivity contribution in [1.82, 2.24) is 25.1 Å². The van der Waals surface area contributed by atoms with Crippen LogP contribution in [-0.2, 0) is 19.0 Å². The molecule has 0 spiro atoms. The second-order valence-corrected chi connectivity index (χ2v) is 7.87. The number of halogens is 3. The number of fused-ring (bicyclic) bond motifs is 1. The van der Waals surface area contributed by atoms with Crippen molar-refractivity contribution < 1.29 is 13.2 Å². The van der Waals surface area contributed by atoms with Crippen molar-refractivity contribution in [2.24, 2.45) is 0 Å². The quantitative estimate of drug-likeness (QED) is 0.511. The van der Waals surface area contributed by atoms with E-state index in [4.69, 9.17) is 0 Å². The Hall–Kier alpha value is -2.97. The molecule has 2 aliphatic carbocycles. The van der Waals surface area contributed by atoms with Gasteiger partial charge in [0.1, 0.15) is 11.6 Å². The summed E-state index contributed by atoms with van der Waals surface area (Å²) < 4.78 is 40.7. The van der Waals surface area contributed by atoms with Crippen LogP contribution in [-0.4, -0.2) is 25.1 Å². The number of aromatic amines is 1. The Balaban J connectivity index is 0.00000231. The Bertz CT molecular complexity index is 1070. The monoisotopic (exact) mass is 430 g/mol. The number of aryl methyl sites for hydroxylation is 1. The summed E-state index contributed by atoms with van der Waals surface area (Å²) >= 11 is 0. The van der Waals surface area contributed by atoms with E-state index in [0.29, 0.717) is 17.7 Å². The number of nitrogens with one attached hydrogen (secondary N) is 2. The molecule has 0 atom stereocenters. The molecule has 2 aliphatic rings. The van der Waals surface area contributed by atoms with Gasteiger partial charge in [-0.3, -0.25) is 5.10 Å². The molecular formula is C22H25F3N6. The van der Waals surface area contributed by atoms with Crippen molar-refractivity contribution in [3.8, 4) is 11.4 Å². The van der Waals surface area contributed by atoms with Gasteiger partial charge in [-0.15, -0.1) is 5.10 Å². The third kappa shape index (κ3) is 4.40. The number of hydrogen-bond acceptors (Lipinski definition) is 5. The fraction of sp³-hybridized carbons (Fsp3) is 0.455. The van der Waals surface area contributed by atoms with Gasteiger partial charge >= 0.3 is 6.18 Å². The number of rotatable bonds is 4. The Morgan fingerprint density at radius 2 is 1.74 bits per heavy atom. The van der Waals surface area contributed by atoms with Gasteiger partial charge in [0.2, 0.25) is 5.95 Å². The molecule has 2 heterocycles. The fourth-order valence-electron chi connectivity index (χ4n) is 3.90. The van der Waals surface area contributed by atoms with Gasteiger partial charge < -0.3 is 5.32 Å². The third-order valence-corrected chi connectivity index (χ3v) is 5.60. The normalized spacial score (nSPS) is 16.2. The Kier molecular flexibility index (Phi) is 5.68. The molecule has 9 heteroatoms. The predicted molar refractivity (Wildman–Crippen MR) is 112 cm³/mol. The van der Waals surface area contributed by atoms with Crippen LogP contribution in [0, 0.1) is 0 Å². The number of alkyl halides is 3. The average molecular weight is 430 g/mol. The Morgan fingerprint density at radius 3 is 2.52 bits per heavy atom. The van der Waals surface area contributed by atoms with Crippen LogP contribution in [0.15, 0.2) is 24.3 Å². The van der Waals surface area contributed by atoms with Gasteiger partial charge in [0.25, 0.3) is 0 Å². The standard InChI is InChI=1S/C21H21F3N6.CH4/c22-21(23,24)15-8-5-4-6-13(15)18-25-16-9-3-1-2-7-14(16)19(26-18)28-20-27-17(29-30-20)12-10-11-12;/h4-6,8,12H,1-3,7,9-11H2,(H2,25,26,27,28,29,30);1H4. The van der Waals surface area contributed by atoms with Crippen molar-refractivity contribution in [3.63, 3.8) is 0 Å². The van der Waals surface area contributed by atoms with E-state index in [2.05, 4.69) is 30.5 Å². The van der Waals surface area contributed by atoms with E-state index in [1.807, 2.05) is 0 Å². The highest BCUT2D eigenvalue weighted by molar-refractivity contribution is 5.66. The van der Waals surface area contributed by atoms with Crippen LogP contribution in [0.1, 0.15) is 68.1 Å². The zero-order valence-electron chi connectivity index (χ0n) is 16.3. The van der Waals surface area contributed by atoms with Crippen molar-refractivity contribution in [3.05, 3.63) is 46.9 Å². The minimum absolute atomic E-state index is 0. The molecule has 0 amide bonds. The largest absolute Gasteiger partial charge is 0.417 e. The molecule has 31 heavy (non-hydrogen) atoms. The van der Waals surface area contributed by atoms with E-state index < -0.39 is 11.7 Å². The zero-order valence-corrected chi connectivity index (χ0v) is 16.3. The van der Waals surface area contributed by atoms with Crippen LogP contribution >= 0.6 is 0 Å². The Morgan fingerprint density at radius 1 is 0.968 bits per heavy atom. The van der Waals surface area contributed by atoms with Crippen molar-refractivity contribution in [1.29, 1.82) is 0 Å². The topological polar surface area (TPSA) is 79.4 Å². The summed E-state index contributed by atoms with van der Waals surface area (Å²) in [4.78, 5) is 13.6. The van der Waals surface area contributed by atoms with Gasteiger partial charge in [0, 0.05) is 22.7 Å². The first-order valence-electron chi connectivity index (χ1n) is 10.2. The summed E-state index contributed by atoms with van der Waals surface area (Å²) in [6, 6.07) is 5.43. The molecule has 1 saturated carbocycles. The summed E-state index contributed by atoms with van der Waals surface area (Å²) in [5, 5.41) is 10.3. The second-order valence-electron chi connectivity index (χ2n) is 7.87. The molecule has 0 saturated heterocycles. The number of anilines is 2. The van der Waals surface area contributed by atoms with Gasteiger partial charge in [-0.25, -0.2) is 9.97 Å². The lowest BCUT2D eigenvalue weighted by Crippen LogP contribution is -2.11.